The van der Waals surface area contributed by atoms with Gasteiger partial charge in [0.1, 0.15) is 12.4 Å². The predicted molar refractivity (Wildman–Crippen MR) is 71.1 cm³/mol. The summed E-state index contributed by atoms with van der Waals surface area (Å²) in [6.07, 6.45) is 0.0812. The molecule has 0 bridgehead atoms. The molecule has 1 unspecified atom stereocenters. The van der Waals surface area contributed by atoms with Crippen LogP contribution in [0.4, 0.5) is 0 Å². The Morgan fingerprint density at radius 1 is 1.39 bits per heavy atom. The van der Waals surface area contributed by atoms with Crippen LogP contribution in [0.2, 0.25) is 0 Å². The lowest BCUT2D eigenvalue weighted by Crippen LogP contribution is -2.35. The van der Waals surface area contributed by atoms with E-state index in [2.05, 4.69) is 0 Å². The Morgan fingerprint density at radius 3 is 2.61 bits per heavy atom. The molecule has 1 N–H and O–H groups in total. The molecule has 0 aliphatic rings. The van der Waals surface area contributed by atoms with E-state index in [-0.39, 0.29) is 12.5 Å². The van der Waals surface area contributed by atoms with Crippen molar-refractivity contribution in [3.05, 3.63) is 29.3 Å². The molecule has 100 valence electrons. The summed E-state index contributed by atoms with van der Waals surface area (Å²) >= 11 is 0. The van der Waals surface area contributed by atoms with Crippen molar-refractivity contribution in [2.75, 3.05) is 20.7 Å². The van der Waals surface area contributed by atoms with Gasteiger partial charge in [-0.3, -0.25) is 4.79 Å². The van der Waals surface area contributed by atoms with Gasteiger partial charge in [0.15, 0.2) is 0 Å². The minimum Gasteiger partial charge on any atom is -0.492 e. The number of aryl methyl sites for hydroxylation is 1. The topological polar surface area (TPSA) is 49.8 Å². The quantitative estimate of drug-likeness (QED) is 0.841. The van der Waals surface area contributed by atoms with Gasteiger partial charge >= 0.3 is 5.97 Å². The van der Waals surface area contributed by atoms with Gasteiger partial charge in [-0.25, -0.2) is 0 Å². The number of benzene rings is 1. The normalized spacial score (nSPS) is 12.5. The first kappa shape index (κ1) is 14.5. The standard InChI is InChI=1S/C14H21NO3/c1-10-6-5-7-13(11(10)2)18-9-12(15(3)4)8-14(16)17/h5-7,12H,8-9H2,1-4H3,(H,16,17). The van der Waals surface area contributed by atoms with Gasteiger partial charge in [-0.05, 0) is 45.1 Å². The minimum absolute atomic E-state index is 0.0812. The SMILES string of the molecule is Cc1cccc(OCC(CC(=O)O)N(C)C)c1C. The fourth-order valence-electron chi connectivity index (χ4n) is 1.66. The highest BCUT2D eigenvalue weighted by atomic mass is 16.5. The fourth-order valence-corrected chi connectivity index (χ4v) is 1.66. The van der Waals surface area contributed by atoms with Gasteiger partial charge in [0.05, 0.1) is 12.5 Å². The Balaban J connectivity index is 2.67. The van der Waals surface area contributed by atoms with E-state index in [1.165, 1.54) is 5.56 Å². The molecule has 0 amide bonds. The molecule has 0 radical (unpaired) electrons. The van der Waals surface area contributed by atoms with E-state index >= 15 is 0 Å². The maximum absolute atomic E-state index is 10.8. The van der Waals surface area contributed by atoms with Crippen LogP contribution < -0.4 is 4.74 Å². The zero-order valence-corrected chi connectivity index (χ0v) is 11.4. The summed E-state index contributed by atoms with van der Waals surface area (Å²) in [4.78, 5) is 12.6. The largest absolute Gasteiger partial charge is 0.492 e. The number of ether oxygens (including phenoxy) is 1. The van der Waals surface area contributed by atoms with Crippen LogP contribution in [0, 0.1) is 13.8 Å². The van der Waals surface area contributed by atoms with Crippen molar-refractivity contribution in [3.8, 4) is 5.75 Å². The zero-order chi connectivity index (χ0) is 13.7. The third-order valence-corrected chi connectivity index (χ3v) is 3.13. The second-order valence-electron chi connectivity index (χ2n) is 4.72. The Kier molecular flexibility index (Phi) is 5.16. The third-order valence-electron chi connectivity index (χ3n) is 3.13. The summed E-state index contributed by atoms with van der Waals surface area (Å²) in [6, 6.07) is 5.76. The van der Waals surface area contributed by atoms with Crippen LogP contribution in [-0.2, 0) is 4.79 Å². The summed E-state index contributed by atoms with van der Waals surface area (Å²) in [6.45, 7) is 4.42. The van der Waals surface area contributed by atoms with Crippen molar-refractivity contribution in [1.82, 2.24) is 4.90 Å². The lowest BCUT2D eigenvalue weighted by molar-refractivity contribution is -0.138. The summed E-state index contributed by atoms with van der Waals surface area (Å²) in [5.41, 5.74) is 2.28. The van der Waals surface area contributed by atoms with Crippen LogP contribution in [0.1, 0.15) is 17.5 Å². The van der Waals surface area contributed by atoms with Gasteiger partial charge in [0.25, 0.3) is 0 Å². The molecule has 1 aromatic rings. The first-order valence-corrected chi connectivity index (χ1v) is 5.99. The number of aliphatic carboxylic acids is 1. The summed E-state index contributed by atoms with van der Waals surface area (Å²) < 4.78 is 5.74. The lowest BCUT2D eigenvalue weighted by atomic mass is 10.1. The van der Waals surface area contributed by atoms with Gasteiger partial charge in [-0.15, -0.1) is 0 Å². The molecule has 0 saturated heterocycles. The van der Waals surface area contributed by atoms with Gasteiger partial charge in [0.2, 0.25) is 0 Å². The van der Waals surface area contributed by atoms with Crippen LogP contribution in [0.25, 0.3) is 0 Å². The van der Waals surface area contributed by atoms with Crippen molar-refractivity contribution in [2.24, 2.45) is 0 Å². The maximum Gasteiger partial charge on any atom is 0.305 e. The number of carboxylic acid groups (broad SMARTS) is 1. The first-order valence-electron chi connectivity index (χ1n) is 5.99. The van der Waals surface area contributed by atoms with E-state index in [1.54, 1.807) is 0 Å². The number of likely N-dealkylation sites (N-methyl/N-ethyl adjacent to an activating group) is 1. The molecule has 0 heterocycles. The molecule has 18 heavy (non-hydrogen) atoms. The van der Waals surface area contributed by atoms with Gasteiger partial charge in [0, 0.05) is 0 Å². The Bertz CT molecular complexity index is 416. The maximum atomic E-state index is 10.8. The molecule has 0 fully saturated rings. The minimum atomic E-state index is -0.807. The van der Waals surface area contributed by atoms with Crippen LogP contribution in [0.3, 0.4) is 0 Å². The van der Waals surface area contributed by atoms with Crippen LogP contribution in [-0.4, -0.2) is 42.7 Å². The summed E-state index contributed by atoms with van der Waals surface area (Å²) in [5, 5.41) is 8.85. The highest BCUT2D eigenvalue weighted by Crippen LogP contribution is 2.21. The number of rotatable bonds is 6. The third kappa shape index (κ3) is 4.04. The Morgan fingerprint density at radius 2 is 2.06 bits per heavy atom. The first-order chi connectivity index (χ1) is 8.41. The summed E-state index contributed by atoms with van der Waals surface area (Å²) in [7, 11) is 3.72. The number of nitrogens with zero attached hydrogens (tertiary/aromatic N) is 1. The molecule has 0 aliphatic carbocycles. The van der Waals surface area contributed by atoms with Gasteiger partial charge in [-0.1, -0.05) is 12.1 Å². The monoisotopic (exact) mass is 251 g/mol. The second kappa shape index (κ2) is 6.40. The average molecular weight is 251 g/mol. The van der Waals surface area contributed by atoms with Gasteiger partial charge < -0.3 is 14.7 Å². The van der Waals surface area contributed by atoms with Crippen LogP contribution >= 0.6 is 0 Å². The number of hydrogen-bond acceptors (Lipinski definition) is 3. The van der Waals surface area contributed by atoms with Crippen LogP contribution in [0.5, 0.6) is 5.75 Å². The molecule has 4 nitrogen and oxygen atoms in total. The fraction of sp³-hybridized carbons (Fsp3) is 0.500. The van der Waals surface area contributed by atoms with E-state index in [9.17, 15) is 4.79 Å². The van der Waals surface area contributed by atoms with Crippen molar-refractivity contribution in [2.45, 2.75) is 26.3 Å². The Labute approximate surface area is 108 Å². The second-order valence-corrected chi connectivity index (χ2v) is 4.72. The van der Waals surface area contributed by atoms with Crippen LogP contribution in [0.15, 0.2) is 18.2 Å². The molecule has 0 aromatic heterocycles. The van der Waals surface area contributed by atoms with E-state index in [4.69, 9.17) is 9.84 Å². The molecule has 1 rings (SSSR count). The molecular weight excluding hydrogens is 230 g/mol. The number of carboxylic acids is 1. The molecule has 0 spiro atoms. The molecule has 0 saturated carbocycles. The van der Waals surface area contributed by atoms with Crippen molar-refractivity contribution < 1.29 is 14.6 Å². The molecule has 4 heteroatoms. The van der Waals surface area contributed by atoms with E-state index in [1.807, 2.05) is 51.0 Å². The van der Waals surface area contributed by atoms with Crippen molar-refractivity contribution >= 4 is 5.97 Å². The predicted octanol–water partition coefficient (Wildman–Crippen LogP) is 2.09. The highest BCUT2D eigenvalue weighted by molar-refractivity contribution is 5.67. The van der Waals surface area contributed by atoms with E-state index in [0.717, 1.165) is 11.3 Å². The average Bonchev–Trinajstić information content (AvgIpc) is 2.28. The number of carbonyl (C=O) groups is 1. The summed E-state index contributed by atoms with van der Waals surface area (Å²) in [5.74, 6) is 0.0190. The highest BCUT2D eigenvalue weighted by Gasteiger charge is 2.16. The van der Waals surface area contributed by atoms with Crippen molar-refractivity contribution in [1.29, 1.82) is 0 Å². The molecule has 1 atom stereocenters. The number of hydrogen-bond donors (Lipinski definition) is 1. The van der Waals surface area contributed by atoms with Gasteiger partial charge in [-0.2, -0.15) is 0 Å². The molecule has 1 aromatic carbocycles. The molecule has 0 aliphatic heterocycles. The smallest absolute Gasteiger partial charge is 0.305 e. The zero-order valence-electron chi connectivity index (χ0n) is 11.4. The lowest BCUT2D eigenvalue weighted by Gasteiger charge is -2.23. The van der Waals surface area contributed by atoms with Crippen molar-refractivity contribution in [3.63, 3.8) is 0 Å². The molecular formula is C14H21NO3. The van der Waals surface area contributed by atoms with E-state index in [0.29, 0.717) is 6.61 Å². The van der Waals surface area contributed by atoms with E-state index < -0.39 is 5.97 Å². The Hall–Kier alpha value is -1.55.